The van der Waals surface area contributed by atoms with Crippen LogP contribution in [0, 0.1) is 11.8 Å². The minimum absolute atomic E-state index is 0.817. The second kappa shape index (κ2) is 15.0. The molecule has 0 bridgehead atoms. The first-order valence-electron chi connectivity index (χ1n) is 14.6. The molecular formula is C32H52. The maximum Gasteiger partial charge on any atom is -0.0162 e. The summed E-state index contributed by atoms with van der Waals surface area (Å²) in [5, 5.41) is 0. The first-order valence-corrected chi connectivity index (χ1v) is 14.6. The van der Waals surface area contributed by atoms with Gasteiger partial charge in [-0.05, 0) is 79.4 Å². The topological polar surface area (TPSA) is 0 Å². The van der Waals surface area contributed by atoms with Gasteiger partial charge >= 0.3 is 0 Å². The minimum Gasteiger partial charge on any atom is -0.0804 e. The first-order chi connectivity index (χ1) is 15.8. The van der Waals surface area contributed by atoms with Crippen LogP contribution in [-0.4, -0.2) is 0 Å². The number of rotatable bonds is 14. The summed E-state index contributed by atoms with van der Waals surface area (Å²) in [6.45, 7) is 4.62. The van der Waals surface area contributed by atoms with E-state index in [1.807, 2.05) is 0 Å². The molecule has 2 aliphatic carbocycles. The third kappa shape index (κ3) is 8.72. The Balaban J connectivity index is 1.32. The molecule has 1 atom stereocenters. The quantitative estimate of drug-likeness (QED) is 0.254. The van der Waals surface area contributed by atoms with Gasteiger partial charge in [-0.2, -0.15) is 0 Å². The van der Waals surface area contributed by atoms with E-state index in [-0.39, 0.29) is 0 Å². The highest BCUT2D eigenvalue weighted by Crippen LogP contribution is 2.39. The largest absolute Gasteiger partial charge is 0.0804 e. The van der Waals surface area contributed by atoms with Gasteiger partial charge in [0.1, 0.15) is 0 Å². The molecule has 0 aromatic heterocycles. The molecule has 2 aliphatic rings. The van der Waals surface area contributed by atoms with E-state index >= 15 is 0 Å². The third-order valence-electron chi connectivity index (χ3n) is 8.55. The van der Waals surface area contributed by atoms with Crippen LogP contribution in [0.25, 0.3) is 5.57 Å². The fourth-order valence-corrected chi connectivity index (χ4v) is 6.23. The zero-order valence-corrected chi connectivity index (χ0v) is 21.6. The average Bonchev–Trinajstić information content (AvgIpc) is 2.85. The van der Waals surface area contributed by atoms with Crippen molar-refractivity contribution in [2.45, 2.75) is 142 Å². The Bertz CT molecular complexity index is 629. The summed E-state index contributed by atoms with van der Waals surface area (Å²) in [4.78, 5) is 0. The molecule has 1 saturated carbocycles. The zero-order chi connectivity index (χ0) is 22.4. The van der Waals surface area contributed by atoms with Gasteiger partial charge in [-0.3, -0.25) is 0 Å². The lowest BCUT2D eigenvalue weighted by molar-refractivity contribution is 0.301. The molecule has 0 aliphatic heterocycles. The van der Waals surface area contributed by atoms with E-state index in [2.05, 4.69) is 44.2 Å². The highest BCUT2D eigenvalue weighted by atomic mass is 14.3. The van der Waals surface area contributed by atoms with E-state index in [4.69, 9.17) is 0 Å². The number of allylic oxidation sites excluding steroid dienone is 2. The summed E-state index contributed by atoms with van der Waals surface area (Å²) in [6.07, 6.45) is 29.6. The standard InChI is InChI=1S/C32H52/c1-3-5-7-8-9-10-11-12-14-28-17-21-30(22-18-28)32-25-23-31(24-26-32)29-19-15-27(16-20-29)13-6-4-2/h19,23-28,30H,3-18,20-22H2,1-2H3/t27?,28-,30-. The molecule has 0 nitrogen and oxygen atoms in total. The van der Waals surface area contributed by atoms with Crippen LogP contribution in [-0.2, 0) is 0 Å². The average molecular weight is 437 g/mol. The maximum atomic E-state index is 2.55. The number of hydrogen-bond donors (Lipinski definition) is 0. The maximum absolute atomic E-state index is 2.55. The number of hydrogen-bond acceptors (Lipinski definition) is 0. The smallest absolute Gasteiger partial charge is 0.0162 e. The molecule has 3 rings (SSSR count). The van der Waals surface area contributed by atoms with Crippen LogP contribution < -0.4 is 0 Å². The molecular weight excluding hydrogens is 384 g/mol. The number of unbranched alkanes of at least 4 members (excludes halogenated alkanes) is 8. The van der Waals surface area contributed by atoms with Crippen LogP contribution in [0.4, 0.5) is 0 Å². The monoisotopic (exact) mass is 436 g/mol. The highest BCUT2D eigenvalue weighted by molar-refractivity contribution is 5.66. The van der Waals surface area contributed by atoms with E-state index in [1.54, 1.807) is 11.1 Å². The van der Waals surface area contributed by atoms with Gasteiger partial charge in [0.2, 0.25) is 0 Å². The fourth-order valence-electron chi connectivity index (χ4n) is 6.23. The molecule has 0 N–H and O–H groups in total. The second-order valence-corrected chi connectivity index (χ2v) is 11.1. The van der Waals surface area contributed by atoms with Crippen LogP contribution in [0.3, 0.4) is 0 Å². The van der Waals surface area contributed by atoms with Crippen molar-refractivity contribution in [2.75, 3.05) is 0 Å². The molecule has 1 aromatic rings. The minimum atomic E-state index is 0.817. The Kier molecular flexibility index (Phi) is 12.0. The Morgan fingerprint density at radius 1 is 0.625 bits per heavy atom. The summed E-state index contributed by atoms with van der Waals surface area (Å²) in [5.41, 5.74) is 4.71. The van der Waals surface area contributed by atoms with E-state index < -0.39 is 0 Å². The van der Waals surface area contributed by atoms with Crippen molar-refractivity contribution in [2.24, 2.45) is 11.8 Å². The van der Waals surface area contributed by atoms with Crippen LogP contribution in [0.2, 0.25) is 0 Å². The van der Waals surface area contributed by atoms with Crippen molar-refractivity contribution < 1.29 is 0 Å². The van der Waals surface area contributed by atoms with Crippen molar-refractivity contribution in [3.8, 4) is 0 Å². The zero-order valence-electron chi connectivity index (χ0n) is 21.6. The molecule has 1 aromatic carbocycles. The fraction of sp³-hybridized carbons (Fsp3) is 0.750. The predicted molar refractivity (Wildman–Crippen MR) is 143 cm³/mol. The van der Waals surface area contributed by atoms with Crippen molar-refractivity contribution in [1.82, 2.24) is 0 Å². The van der Waals surface area contributed by atoms with Crippen molar-refractivity contribution in [3.05, 3.63) is 41.5 Å². The molecule has 0 heteroatoms. The highest BCUT2D eigenvalue weighted by Gasteiger charge is 2.22. The van der Waals surface area contributed by atoms with E-state index in [9.17, 15) is 0 Å². The van der Waals surface area contributed by atoms with Crippen LogP contribution in [0.15, 0.2) is 30.3 Å². The van der Waals surface area contributed by atoms with Gasteiger partial charge in [0.25, 0.3) is 0 Å². The molecule has 1 fully saturated rings. The van der Waals surface area contributed by atoms with Crippen molar-refractivity contribution in [1.29, 1.82) is 0 Å². The van der Waals surface area contributed by atoms with Gasteiger partial charge in [-0.15, -0.1) is 0 Å². The van der Waals surface area contributed by atoms with E-state index in [0.29, 0.717) is 0 Å². The van der Waals surface area contributed by atoms with Crippen LogP contribution in [0.5, 0.6) is 0 Å². The van der Waals surface area contributed by atoms with Gasteiger partial charge < -0.3 is 0 Å². The Hall–Kier alpha value is -1.04. The molecule has 180 valence electrons. The van der Waals surface area contributed by atoms with E-state index in [1.165, 1.54) is 128 Å². The summed E-state index contributed by atoms with van der Waals surface area (Å²) in [7, 11) is 0. The summed E-state index contributed by atoms with van der Waals surface area (Å²) < 4.78 is 0. The lowest BCUT2D eigenvalue weighted by Crippen LogP contribution is -2.13. The van der Waals surface area contributed by atoms with Gasteiger partial charge in [0, 0.05) is 0 Å². The van der Waals surface area contributed by atoms with Gasteiger partial charge in [-0.1, -0.05) is 121 Å². The molecule has 1 unspecified atom stereocenters. The van der Waals surface area contributed by atoms with Crippen molar-refractivity contribution in [3.63, 3.8) is 0 Å². The molecule has 0 radical (unpaired) electrons. The normalized spacial score (nSPS) is 23.8. The van der Waals surface area contributed by atoms with Gasteiger partial charge in [0.15, 0.2) is 0 Å². The summed E-state index contributed by atoms with van der Waals surface area (Å²) in [6, 6.07) is 9.78. The van der Waals surface area contributed by atoms with Crippen LogP contribution in [0.1, 0.15) is 153 Å². The third-order valence-corrected chi connectivity index (χ3v) is 8.55. The predicted octanol–water partition coefficient (Wildman–Crippen LogP) is 10.9. The SMILES string of the molecule is CCCCCCCCCC[C@H]1CC[C@H](c2ccc(C3=CCC(CCCC)CC3)cc2)CC1. The van der Waals surface area contributed by atoms with E-state index in [0.717, 1.165) is 17.8 Å². The first kappa shape index (κ1) is 25.6. The molecule has 0 spiro atoms. The van der Waals surface area contributed by atoms with Crippen LogP contribution >= 0.6 is 0 Å². The molecule has 0 saturated heterocycles. The molecule has 32 heavy (non-hydrogen) atoms. The Labute approximate surface area is 200 Å². The lowest BCUT2D eigenvalue weighted by Gasteiger charge is -2.29. The second-order valence-electron chi connectivity index (χ2n) is 11.1. The summed E-state index contributed by atoms with van der Waals surface area (Å²) >= 11 is 0. The Morgan fingerprint density at radius 3 is 1.88 bits per heavy atom. The lowest BCUT2D eigenvalue weighted by atomic mass is 9.76. The number of benzene rings is 1. The summed E-state index contributed by atoms with van der Waals surface area (Å²) in [5.74, 6) is 2.77. The molecule has 0 heterocycles. The Morgan fingerprint density at radius 2 is 1.25 bits per heavy atom. The van der Waals surface area contributed by atoms with Crippen molar-refractivity contribution >= 4 is 5.57 Å². The van der Waals surface area contributed by atoms with Gasteiger partial charge in [-0.25, -0.2) is 0 Å². The molecule has 0 amide bonds. The van der Waals surface area contributed by atoms with Gasteiger partial charge in [0.05, 0.1) is 0 Å².